The van der Waals surface area contributed by atoms with E-state index < -0.39 is 0 Å². The van der Waals surface area contributed by atoms with E-state index in [1.54, 1.807) is 19.2 Å². The fraction of sp³-hybridized carbons (Fsp3) is 0.222. The molecule has 76 valence electrons. The molecule has 0 aliphatic rings. The molecule has 0 saturated carbocycles. The lowest BCUT2D eigenvalue weighted by atomic mass is 10.1. The Balaban J connectivity index is 3.24. The molecule has 14 heavy (non-hydrogen) atoms. The predicted molar refractivity (Wildman–Crippen MR) is 68.8 cm³/mol. The van der Waals surface area contributed by atoms with Crippen LogP contribution in [0.2, 0.25) is 5.02 Å². The summed E-state index contributed by atoms with van der Waals surface area (Å²) in [5, 5.41) is 0.718. The zero-order valence-electron chi connectivity index (χ0n) is 7.31. The number of carbonyl (C=O) groups excluding carboxylic acids is 1. The van der Waals surface area contributed by atoms with Gasteiger partial charge in [0.25, 0.3) is 0 Å². The maximum absolute atomic E-state index is 11.4. The lowest BCUT2D eigenvalue weighted by molar-refractivity contribution is 0.102. The highest BCUT2D eigenvalue weighted by Gasteiger charge is 2.12. The molecular weight excluding hydrogens is 382 g/mol. The molecule has 1 aromatic carbocycles. The van der Waals surface area contributed by atoms with Crippen molar-refractivity contribution in [3.05, 3.63) is 26.3 Å². The van der Waals surface area contributed by atoms with Gasteiger partial charge in [-0.2, -0.15) is 0 Å². The predicted octanol–water partition coefficient (Wildman–Crippen LogP) is 3.53. The van der Waals surface area contributed by atoms with Crippen LogP contribution < -0.4 is 4.74 Å². The van der Waals surface area contributed by atoms with Crippen LogP contribution in [0.1, 0.15) is 10.4 Å². The van der Waals surface area contributed by atoms with Crippen molar-refractivity contribution in [3.8, 4) is 5.75 Å². The van der Waals surface area contributed by atoms with Crippen molar-refractivity contribution in [3.63, 3.8) is 0 Å². The van der Waals surface area contributed by atoms with Crippen LogP contribution in [-0.2, 0) is 0 Å². The number of alkyl halides is 1. The van der Waals surface area contributed by atoms with E-state index in [4.69, 9.17) is 16.3 Å². The zero-order valence-corrected chi connectivity index (χ0v) is 11.8. The molecule has 0 saturated heterocycles. The number of ketones is 1. The summed E-state index contributed by atoms with van der Waals surface area (Å²) in [5.41, 5.74) is 0.487. The Bertz CT molecular complexity index is 368. The number of hydrogen-bond acceptors (Lipinski definition) is 2. The van der Waals surface area contributed by atoms with Gasteiger partial charge < -0.3 is 4.74 Å². The molecule has 2 nitrogen and oxygen atoms in total. The maximum Gasteiger partial charge on any atom is 0.175 e. The van der Waals surface area contributed by atoms with Crippen LogP contribution in [0.15, 0.2) is 12.1 Å². The van der Waals surface area contributed by atoms with E-state index in [1.807, 2.05) is 0 Å². The molecule has 0 unspecified atom stereocenters. The Hall–Kier alpha value is 0.190. The van der Waals surface area contributed by atoms with Gasteiger partial charge in [-0.15, -0.1) is 0 Å². The van der Waals surface area contributed by atoms with Crippen LogP contribution >= 0.6 is 50.1 Å². The third kappa shape index (κ3) is 2.61. The first-order valence-electron chi connectivity index (χ1n) is 3.72. The first-order chi connectivity index (χ1) is 6.60. The first kappa shape index (κ1) is 12.3. The van der Waals surface area contributed by atoms with Gasteiger partial charge in [0.15, 0.2) is 5.78 Å². The fourth-order valence-corrected chi connectivity index (χ4v) is 2.41. The van der Waals surface area contributed by atoms with Gasteiger partial charge in [0.2, 0.25) is 0 Å². The molecule has 0 amide bonds. The maximum atomic E-state index is 11.4. The summed E-state index contributed by atoms with van der Waals surface area (Å²) in [6.45, 7) is 0. The number of carbonyl (C=O) groups is 1. The molecule has 0 aromatic heterocycles. The topological polar surface area (TPSA) is 26.3 Å². The van der Waals surface area contributed by atoms with Gasteiger partial charge in [-0.3, -0.25) is 4.79 Å². The smallest absolute Gasteiger partial charge is 0.175 e. The Kier molecular flexibility index (Phi) is 4.66. The first-order valence-corrected chi connectivity index (χ1v) is 6.30. The molecule has 0 bridgehead atoms. The normalized spacial score (nSPS) is 10.0. The van der Waals surface area contributed by atoms with E-state index >= 15 is 0 Å². The van der Waals surface area contributed by atoms with Crippen LogP contribution in [0, 0.1) is 3.57 Å². The molecule has 0 aliphatic carbocycles. The van der Waals surface area contributed by atoms with Crippen molar-refractivity contribution < 1.29 is 9.53 Å². The Morgan fingerprint density at radius 3 is 2.79 bits per heavy atom. The monoisotopic (exact) mass is 388 g/mol. The van der Waals surface area contributed by atoms with E-state index in [-0.39, 0.29) is 11.1 Å². The van der Waals surface area contributed by atoms with E-state index in [2.05, 4.69) is 38.5 Å². The average molecular weight is 389 g/mol. The Morgan fingerprint density at radius 1 is 1.64 bits per heavy atom. The van der Waals surface area contributed by atoms with Crippen molar-refractivity contribution in [2.75, 3.05) is 12.4 Å². The van der Waals surface area contributed by atoms with Crippen LogP contribution in [-0.4, -0.2) is 18.2 Å². The molecule has 0 heterocycles. The Labute approximate surface area is 109 Å². The zero-order chi connectivity index (χ0) is 10.7. The molecule has 1 aromatic rings. The van der Waals surface area contributed by atoms with Gasteiger partial charge >= 0.3 is 0 Å². The fourth-order valence-electron chi connectivity index (χ4n) is 0.971. The highest BCUT2D eigenvalue weighted by Crippen LogP contribution is 2.28. The molecule has 5 heteroatoms. The average Bonchev–Trinajstić information content (AvgIpc) is 2.17. The summed E-state index contributed by atoms with van der Waals surface area (Å²) < 4.78 is 5.99. The number of hydrogen-bond donors (Lipinski definition) is 0. The largest absolute Gasteiger partial charge is 0.496 e. The van der Waals surface area contributed by atoms with E-state index in [9.17, 15) is 4.79 Å². The number of rotatable bonds is 3. The number of ether oxygens (including phenoxy) is 1. The quantitative estimate of drug-likeness (QED) is 0.449. The standard InChI is InChI=1S/C9H7BrClIO2/c1-14-9-2-5(8(13)4-10)6(11)3-7(9)12/h2-3H,4H2,1H3. The van der Waals surface area contributed by atoms with Crippen molar-refractivity contribution >= 4 is 55.9 Å². The van der Waals surface area contributed by atoms with E-state index in [0.717, 1.165) is 3.57 Å². The van der Waals surface area contributed by atoms with E-state index in [1.165, 1.54) is 0 Å². The van der Waals surface area contributed by atoms with Gasteiger partial charge in [0.1, 0.15) is 5.75 Å². The van der Waals surface area contributed by atoms with E-state index in [0.29, 0.717) is 16.3 Å². The number of benzene rings is 1. The third-order valence-electron chi connectivity index (χ3n) is 1.66. The second-order valence-corrected chi connectivity index (χ2v) is 4.65. The molecule has 0 radical (unpaired) electrons. The minimum absolute atomic E-state index is 0.0512. The molecule has 0 spiro atoms. The second-order valence-electron chi connectivity index (χ2n) is 2.52. The molecule has 0 fully saturated rings. The highest BCUT2D eigenvalue weighted by atomic mass is 127. The molecule has 0 atom stereocenters. The van der Waals surface area contributed by atoms with Crippen molar-refractivity contribution in [2.45, 2.75) is 0 Å². The molecular formula is C9H7BrClIO2. The van der Waals surface area contributed by atoms with Crippen molar-refractivity contribution in [1.29, 1.82) is 0 Å². The highest BCUT2D eigenvalue weighted by molar-refractivity contribution is 14.1. The summed E-state index contributed by atoms with van der Waals surface area (Å²) in [7, 11) is 1.56. The lowest BCUT2D eigenvalue weighted by Gasteiger charge is -2.07. The van der Waals surface area contributed by atoms with Crippen LogP contribution in [0.3, 0.4) is 0 Å². The summed E-state index contributed by atoms with van der Waals surface area (Å²) in [6.07, 6.45) is 0. The van der Waals surface area contributed by atoms with Crippen molar-refractivity contribution in [1.82, 2.24) is 0 Å². The summed E-state index contributed by atoms with van der Waals surface area (Å²) in [5.74, 6) is 0.615. The summed E-state index contributed by atoms with van der Waals surface area (Å²) in [4.78, 5) is 11.4. The summed E-state index contributed by atoms with van der Waals surface area (Å²) in [6, 6.07) is 3.38. The van der Waals surface area contributed by atoms with Gasteiger partial charge in [0.05, 0.1) is 21.0 Å². The van der Waals surface area contributed by atoms with Crippen LogP contribution in [0.5, 0.6) is 5.75 Å². The third-order valence-corrected chi connectivity index (χ3v) is 3.33. The Morgan fingerprint density at radius 2 is 2.29 bits per heavy atom. The number of halogens is 3. The lowest BCUT2D eigenvalue weighted by Crippen LogP contribution is -2.02. The minimum Gasteiger partial charge on any atom is -0.496 e. The van der Waals surface area contributed by atoms with Gasteiger partial charge in [-0.1, -0.05) is 27.5 Å². The minimum atomic E-state index is -0.0512. The van der Waals surface area contributed by atoms with Gasteiger partial charge in [-0.25, -0.2) is 0 Å². The molecule has 0 N–H and O–H groups in total. The van der Waals surface area contributed by atoms with Crippen molar-refractivity contribution in [2.24, 2.45) is 0 Å². The number of Topliss-reactive ketones (excluding diaryl/α,β-unsaturated/α-hetero) is 1. The molecule has 0 aliphatic heterocycles. The van der Waals surface area contributed by atoms with Crippen LogP contribution in [0.25, 0.3) is 0 Å². The SMILES string of the molecule is COc1cc(C(=O)CBr)c(Cl)cc1I. The van der Waals surface area contributed by atoms with Gasteiger partial charge in [0, 0.05) is 5.56 Å². The van der Waals surface area contributed by atoms with Gasteiger partial charge in [-0.05, 0) is 34.7 Å². The molecule has 1 rings (SSSR count). The second kappa shape index (κ2) is 5.32. The summed E-state index contributed by atoms with van der Waals surface area (Å²) >= 11 is 11.1. The number of methoxy groups -OCH3 is 1. The van der Waals surface area contributed by atoms with Crippen LogP contribution in [0.4, 0.5) is 0 Å².